The molecule has 6 nitrogen and oxygen atoms in total. The van der Waals surface area contributed by atoms with Crippen molar-refractivity contribution in [3.05, 3.63) is 65.2 Å². The first-order valence-corrected chi connectivity index (χ1v) is 8.78. The fraction of sp³-hybridized carbons (Fsp3) is 0.300. The lowest BCUT2D eigenvalue weighted by atomic mass is 10.1. The number of benzene rings is 2. The zero-order valence-electron chi connectivity index (χ0n) is 14.8. The lowest BCUT2D eigenvalue weighted by Gasteiger charge is -2.20. The number of rotatable bonds is 4. The first-order chi connectivity index (χ1) is 12.6. The molecule has 2 aliphatic rings. The first kappa shape index (κ1) is 16.4. The van der Waals surface area contributed by atoms with E-state index in [0.29, 0.717) is 12.2 Å². The van der Waals surface area contributed by atoms with Crippen molar-refractivity contribution in [2.75, 3.05) is 4.90 Å². The number of fused-ring (bicyclic) bond motifs is 1. The van der Waals surface area contributed by atoms with Crippen LogP contribution in [0.4, 0.5) is 5.69 Å². The molecule has 26 heavy (non-hydrogen) atoms. The molecule has 0 aliphatic carbocycles. The van der Waals surface area contributed by atoms with Crippen LogP contribution in [-0.2, 0) is 22.6 Å². The Hall–Kier alpha value is -3.02. The molecule has 1 saturated heterocycles. The molecule has 0 aromatic heterocycles. The topological polar surface area (TPSA) is 65.3 Å². The average Bonchev–Trinajstić information content (AvgIpc) is 3.17. The Labute approximate surface area is 152 Å². The van der Waals surface area contributed by atoms with E-state index in [9.17, 15) is 9.59 Å². The lowest BCUT2D eigenvalue weighted by molar-refractivity contribution is -0.123. The van der Waals surface area contributed by atoms with Gasteiger partial charge in [-0.1, -0.05) is 54.1 Å². The standard InChI is InChI=1S/C20H20N4O2/c1-3-14-8-10-16(11-9-14)24-19(25)17-18(20(24)26)23(22-21-17)12-15-6-4-13(2)5-7-15/h4-11,17-18H,3,12H2,1-2H3/t17-,18-/m1/s1. The molecule has 0 radical (unpaired) electrons. The molecule has 1 fully saturated rings. The van der Waals surface area contributed by atoms with Crippen LogP contribution in [0.25, 0.3) is 0 Å². The Morgan fingerprint density at radius 3 is 2.23 bits per heavy atom. The molecule has 2 aromatic rings. The molecular weight excluding hydrogens is 328 g/mol. The second kappa shape index (κ2) is 6.37. The molecule has 2 aliphatic heterocycles. The Bertz CT molecular complexity index is 874. The predicted octanol–water partition coefficient (Wildman–Crippen LogP) is 3.05. The Morgan fingerprint density at radius 1 is 0.923 bits per heavy atom. The summed E-state index contributed by atoms with van der Waals surface area (Å²) in [6.07, 6.45) is 0.909. The molecule has 0 bridgehead atoms. The summed E-state index contributed by atoms with van der Waals surface area (Å²) in [6, 6.07) is 14.1. The molecular formula is C20H20N4O2. The van der Waals surface area contributed by atoms with Gasteiger partial charge >= 0.3 is 0 Å². The number of imide groups is 1. The molecule has 0 saturated carbocycles. The van der Waals surface area contributed by atoms with Crippen LogP contribution in [0.2, 0.25) is 0 Å². The van der Waals surface area contributed by atoms with Gasteiger partial charge in [-0.15, -0.1) is 0 Å². The third kappa shape index (κ3) is 2.67. The molecule has 2 aromatic carbocycles. The molecule has 4 rings (SSSR count). The number of amides is 2. The normalized spacial score (nSPS) is 21.6. The summed E-state index contributed by atoms with van der Waals surface area (Å²) in [6.45, 7) is 4.54. The van der Waals surface area contributed by atoms with E-state index in [2.05, 4.69) is 17.3 Å². The first-order valence-electron chi connectivity index (χ1n) is 8.78. The SMILES string of the molecule is CCc1ccc(N2C(=O)[C@@H]3N=NN(Cc4ccc(C)cc4)[C@H]3C2=O)cc1. The van der Waals surface area contributed by atoms with Crippen LogP contribution in [0, 0.1) is 6.92 Å². The molecule has 2 atom stereocenters. The Morgan fingerprint density at radius 2 is 1.58 bits per heavy atom. The monoisotopic (exact) mass is 348 g/mol. The van der Waals surface area contributed by atoms with Gasteiger partial charge in [-0.05, 0) is 36.6 Å². The minimum absolute atomic E-state index is 0.263. The second-order valence-corrected chi connectivity index (χ2v) is 6.71. The highest BCUT2D eigenvalue weighted by atomic mass is 16.2. The van der Waals surface area contributed by atoms with Crippen molar-refractivity contribution < 1.29 is 9.59 Å². The summed E-state index contributed by atoms with van der Waals surface area (Å²) in [5.74, 6) is -0.569. The minimum Gasteiger partial charge on any atom is -0.271 e. The van der Waals surface area contributed by atoms with Crippen LogP contribution in [0.5, 0.6) is 0 Å². The van der Waals surface area contributed by atoms with Gasteiger partial charge in [-0.2, -0.15) is 5.11 Å². The quantitative estimate of drug-likeness (QED) is 0.798. The van der Waals surface area contributed by atoms with Gasteiger partial charge in [0.2, 0.25) is 0 Å². The van der Waals surface area contributed by atoms with Crippen LogP contribution in [0.15, 0.2) is 58.9 Å². The number of hydrogen-bond acceptors (Lipinski definition) is 5. The summed E-state index contributed by atoms with van der Waals surface area (Å²) < 4.78 is 0. The van der Waals surface area contributed by atoms with Crippen molar-refractivity contribution in [3.63, 3.8) is 0 Å². The molecule has 0 unspecified atom stereocenters. The highest BCUT2D eigenvalue weighted by molar-refractivity contribution is 6.25. The maximum atomic E-state index is 13.0. The average molecular weight is 348 g/mol. The van der Waals surface area contributed by atoms with Crippen LogP contribution in [-0.4, -0.2) is 28.9 Å². The van der Waals surface area contributed by atoms with E-state index in [0.717, 1.165) is 17.5 Å². The van der Waals surface area contributed by atoms with Crippen LogP contribution in [0.3, 0.4) is 0 Å². The van der Waals surface area contributed by atoms with Crippen molar-refractivity contribution in [3.8, 4) is 0 Å². The second-order valence-electron chi connectivity index (χ2n) is 6.71. The van der Waals surface area contributed by atoms with E-state index < -0.39 is 12.1 Å². The number of aryl methyl sites for hydroxylation is 2. The van der Waals surface area contributed by atoms with E-state index in [1.54, 1.807) is 5.01 Å². The van der Waals surface area contributed by atoms with E-state index in [4.69, 9.17) is 0 Å². The highest BCUT2D eigenvalue weighted by Crippen LogP contribution is 2.32. The van der Waals surface area contributed by atoms with Gasteiger partial charge in [0.25, 0.3) is 11.8 Å². The number of hydrogen-bond donors (Lipinski definition) is 0. The predicted molar refractivity (Wildman–Crippen MR) is 97.5 cm³/mol. The molecule has 0 N–H and O–H groups in total. The maximum Gasteiger partial charge on any atom is 0.263 e. The summed E-state index contributed by atoms with van der Waals surface area (Å²) in [7, 11) is 0. The van der Waals surface area contributed by atoms with Gasteiger partial charge in [0.05, 0.1) is 12.2 Å². The summed E-state index contributed by atoms with van der Waals surface area (Å²) in [5.41, 5.74) is 3.95. The van der Waals surface area contributed by atoms with Crippen molar-refractivity contribution in [1.29, 1.82) is 0 Å². The number of nitrogens with zero attached hydrogens (tertiary/aromatic N) is 4. The Balaban J connectivity index is 1.57. The fourth-order valence-corrected chi connectivity index (χ4v) is 3.37. The van der Waals surface area contributed by atoms with Gasteiger partial charge in [-0.3, -0.25) is 14.6 Å². The van der Waals surface area contributed by atoms with Crippen molar-refractivity contribution in [2.24, 2.45) is 10.3 Å². The van der Waals surface area contributed by atoms with E-state index in [-0.39, 0.29) is 11.8 Å². The zero-order valence-corrected chi connectivity index (χ0v) is 14.8. The van der Waals surface area contributed by atoms with Gasteiger partial charge < -0.3 is 0 Å². The van der Waals surface area contributed by atoms with Crippen LogP contribution >= 0.6 is 0 Å². The summed E-state index contributed by atoms with van der Waals surface area (Å²) in [4.78, 5) is 26.9. The third-order valence-electron chi connectivity index (χ3n) is 4.93. The highest BCUT2D eigenvalue weighted by Gasteiger charge is 2.54. The van der Waals surface area contributed by atoms with Crippen LogP contribution in [0.1, 0.15) is 23.6 Å². The minimum atomic E-state index is -0.751. The van der Waals surface area contributed by atoms with Crippen molar-refractivity contribution >= 4 is 17.5 Å². The van der Waals surface area contributed by atoms with E-state index >= 15 is 0 Å². The Kier molecular flexibility index (Phi) is 4.03. The van der Waals surface area contributed by atoms with Crippen molar-refractivity contribution in [2.45, 2.75) is 38.9 Å². The molecule has 132 valence electrons. The number of anilines is 1. The molecule has 2 heterocycles. The third-order valence-corrected chi connectivity index (χ3v) is 4.93. The molecule has 0 spiro atoms. The van der Waals surface area contributed by atoms with Crippen molar-refractivity contribution in [1.82, 2.24) is 5.01 Å². The summed E-state index contributed by atoms with van der Waals surface area (Å²) >= 11 is 0. The maximum absolute atomic E-state index is 13.0. The largest absolute Gasteiger partial charge is 0.271 e. The van der Waals surface area contributed by atoms with Gasteiger partial charge in [0, 0.05) is 0 Å². The van der Waals surface area contributed by atoms with E-state index in [1.807, 2.05) is 55.5 Å². The molecule has 6 heteroatoms. The number of carbonyl (C=O) groups is 2. The fourth-order valence-electron chi connectivity index (χ4n) is 3.37. The zero-order chi connectivity index (χ0) is 18.3. The van der Waals surface area contributed by atoms with Crippen LogP contribution < -0.4 is 4.90 Å². The smallest absolute Gasteiger partial charge is 0.263 e. The van der Waals surface area contributed by atoms with E-state index in [1.165, 1.54) is 10.5 Å². The van der Waals surface area contributed by atoms with Gasteiger partial charge in [0.1, 0.15) is 0 Å². The lowest BCUT2D eigenvalue weighted by Crippen LogP contribution is -2.39. The summed E-state index contributed by atoms with van der Waals surface area (Å²) in [5, 5.41) is 9.78. The number of carbonyl (C=O) groups excluding carboxylic acids is 2. The van der Waals surface area contributed by atoms with Gasteiger partial charge in [-0.25, -0.2) is 4.90 Å². The van der Waals surface area contributed by atoms with Gasteiger partial charge in [0.15, 0.2) is 12.1 Å². The molecule has 2 amide bonds.